The van der Waals surface area contributed by atoms with Gasteiger partial charge in [-0.05, 0) is 30.5 Å². The van der Waals surface area contributed by atoms with Crippen molar-refractivity contribution in [2.24, 2.45) is 11.7 Å². The van der Waals surface area contributed by atoms with Gasteiger partial charge in [0.25, 0.3) is 0 Å². The summed E-state index contributed by atoms with van der Waals surface area (Å²) in [5.41, 5.74) is 6.05. The second-order valence-corrected chi connectivity index (χ2v) is 8.56. The lowest BCUT2D eigenvalue weighted by molar-refractivity contribution is -0.130. The normalized spacial score (nSPS) is 17.0. The van der Waals surface area contributed by atoms with E-state index in [1.165, 1.54) is 22.8 Å². The molecule has 28 heavy (non-hydrogen) atoms. The number of nitrogens with zero attached hydrogens (tertiary/aromatic N) is 2. The number of piperidine rings is 1. The average Bonchev–Trinajstić information content (AvgIpc) is 2.73. The second kappa shape index (κ2) is 8.49. The second-order valence-electron chi connectivity index (χ2n) is 6.62. The number of benzene rings is 1. The van der Waals surface area contributed by atoms with Gasteiger partial charge in [0.15, 0.2) is 0 Å². The molecule has 1 aromatic carbocycles. The van der Waals surface area contributed by atoms with E-state index in [1.54, 1.807) is 30.3 Å². The molecule has 1 saturated heterocycles. The van der Waals surface area contributed by atoms with E-state index in [4.69, 9.17) is 5.73 Å². The van der Waals surface area contributed by atoms with E-state index >= 15 is 0 Å². The Morgan fingerprint density at radius 3 is 2.36 bits per heavy atom. The maximum atomic E-state index is 12.6. The Labute approximate surface area is 163 Å². The summed E-state index contributed by atoms with van der Waals surface area (Å²) in [6.45, 7) is 0.448. The fraction of sp³-hybridized carbons (Fsp3) is 0.316. The maximum absolute atomic E-state index is 12.6. The van der Waals surface area contributed by atoms with Crippen LogP contribution in [0.2, 0.25) is 0 Å². The van der Waals surface area contributed by atoms with Gasteiger partial charge < -0.3 is 11.1 Å². The molecule has 0 spiro atoms. The van der Waals surface area contributed by atoms with E-state index in [2.05, 4.69) is 10.3 Å². The van der Waals surface area contributed by atoms with Gasteiger partial charge in [-0.25, -0.2) is 8.42 Å². The third kappa shape index (κ3) is 4.37. The molecule has 1 unspecified atom stereocenters. The first kappa shape index (κ1) is 20.0. The van der Waals surface area contributed by atoms with Gasteiger partial charge in [-0.3, -0.25) is 14.6 Å². The predicted octanol–water partition coefficient (Wildman–Crippen LogP) is 0.825. The van der Waals surface area contributed by atoms with Crippen molar-refractivity contribution in [1.82, 2.24) is 14.6 Å². The van der Waals surface area contributed by atoms with Gasteiger partial charge in [0, 0.05) is 31.4 Å². The number of nitrogens with one attached hydrogen (secondary N) is 1. The Morgan fingerprint density at radius 1 is 1.11 bits per heavy atom. The molecule has 0 radical (unpaired) electrons. The molecular formula is C19H22N4O4S. The molecule has 1 aliphatic heterocycles. The average molecular weight is 402 g/mol. The van der Waals surface area contributed by atoms with Crippen LogP contribution in [0.4, 0.5) is 0 Å². The largest absolute Gasteiger partial charge is 0.368 e. The SMILES string of the molecule is NC(=O)C(NC(=O)C1CCN(S(=O)(=O)c2cccnc2)CC1)c1ccccc1. The van der Waals surface area contributed by atoms with Crippen LogP contribution in [-0.4, -0.2) is 42.6 Å². The van der Waals surface area contributed by atoms with Crippen molar-refractivity contribution in [2.45, 2.75) is 23.8 Å². The molecule has 2 heterocycles. The van der Waals surface area contributed by atoms with Gasteiger partial charge in [0.1, 0.15) is 10.9 Å². The van der Waals surface area contributed by atoms with E-state index in [-0.39, 0.29) is 29.8 Å². The Morgan fingerprint density at radius 2 is 1.79 bits per heavy atom. The van der Waals surface area contributed by atoms with Crippen molar-refractivity contribution in [3.05, 3.63) is 60.4 Å². The van der Waals surface area contributed by atoms with Crippen molar-refractivity contribution < 1.29 is 18.0 Å². The molecule has 1 atom stereocenters. The van der Waals surface area contributed by atoms with E-state index in [9.17, 15) is 18.0 Å². The minimum atomic E-state index is -3.63. The fourth-order valence-electron chi connectivity index (χ4n) is 3.23. The number of rotatable bonds is 6. The van der Waals surface area contributed by atoms with Crippen LogP contribution in [0.5, 0.6) is 0 Å². The highest BCUT2D eigenvalue weighted by molar-refractivity contribution is 7.89. The molecular weight excluding hydrogens is 380 g/mol. The summed E-state index contributed by atoms with van der Waals surface area (Å²) in [4.78, 5) is 28.4. The van der Waals surface area contributed by atoms with Gasteiger partial charge in [-0.15, -0.1) is 0 Å². The van der Waals surface area contributed by atoms with Crippen molar-refractivity contribution >= 4 is 21.8 Å². The molecule has 148 valence electrons. The smallest absolute Gasteiger partial charge is 0.244 e. The lowest BCUT2D eigenvalue weighted by Crippen LogP contribution is -2.45. The first-order valence-electron chi connectivity index (χ1n) is 8.94. The van der Waals surface area contributed by atoms with Crippen LogP contribution in [-0.2, 0) is 19.6 Å². The number of pyridine rings is 1. The molecule has 0 saturated carbocycles. The van der Waals surface area contributed by atoms with Gasteiger partial charge in [-0.1, -0.05) is 30.3 Å². The van der Waals surface area contributed by atoms with Crippen LogP contribution in [0.3, 0.4) is 0 Å². The van der Waals surface area contributed by atoms with Crippen LogP contribution in [0.1, 0.15) is 24.4 Å². The van der Waals surface area contributed by atoms with Crippen LogP contribution in [0.15, 0.2) is 59.8 Å². The molecule has 9 heteroatoms. The highest BCUT2D eigenvalue weighted by atomic mass is 32.2. The van der Waals surface area contributed by atoms with E-state index < -0.39 is 22.0 Å². The molecule has 1 fully saturated rings. The zero-order chi connectivity index (χ0) is 20.1. The van der Waals surface area contributed by atoms with E-state index in [0.29, 0.717) is 18.4 Å². The summed E-state index contributed by atoms with van der Waals surface area (Å²) < 4.78 is 26.6. The van der Waals surface area contributed by atoms with Gasteiger partial charge in [-0.2, -0.15) is 4.31 Å². The van der Waals surface area contributed by atoms with Gasteiger partial charge >= 0.3 is 0 Å². The third-order valence-electron chi connectivity index (χ3n) is 4.80. The van der Waals surface area contributed by atoms with Crippen LogP contribution in [0, 0.1) is 5.92 Å². The topological polar surface area (TPSA) is 122 Å². The Kier molecular flexibility index (Phi) is 6.05. The van der Waals surface area contributed by atoms with Crippen LogP contribution >= 0.6 is 0 Å². The molecule has 0 aliphatic carbocycles. The van der Waals surface area contributed by atoms with Crippen LogP contribution < -0.4 is 11.1 Å². The molecule has 1 aromatic heterocycles. The number of aromatic nitrogens is 1. The van der Waals surface area contributed by atoms with Crippen LogP contribution in [0.25, 0.3) is 0 Å². The summed E-state index contributed by atoms with van der Waals surface area (Å²) in [7, 11) is -3.63. The summed E-state index contributed by atoms with van der Waals surface area (Å²) in [5, 5.41) is 2.70. The minimum absolute atomic E-state index is 0.135. The van der Waals surface area contributed by atoms with E-state index in [0.717, 1.165) is 0 Å². The lowest BCUT2D eigenvalue weighted by Gasteiger charge is -2.31. The summed E-state index contributed by atoms with van der Waals surface area (Å²) in [6, 6.07) is 10.9. The standard InChI is InChI=1S/C19H22N4O4S/c20-18(24)17(14-5-2-1-3-6-14)22-19(25)15-8-11-23(12-9-15)28(26,27)16-7-4-10-21-13-16/h1-7,10,13,15,17H,8-9,11-12H2,(H2,20,24)(H,22,25). The number of carbonyl (C=O) groups excluding carboxylic acids is 2. The summed E-state index contributed by atoms with van der Waals surface area (Å²) >= 11 is 0. The molecule has 2 aromatic rings. The van der Waals surface area contributed by atoms with Gasteiger partial charge in [0.2, 0.25) is 21.8 Å². The monoisotopic (exact) mass is 402 g/mol. The van der Waals surface area contributed by atoms with Crippen molar-refractivity contribution in [3.8, 4) is 0 Å². The number of hydrogen-bond donors (Lipinski definition) is 2. The number of nitrogens with two attached hydrogens (primary N) is 1. The number of sulfonamides is 1. The Hall–Kier alpha value is -2.78. The zero-order valence-corrected chi connectivity index (χ0v) is 16.0. The molecule has 0 bridgehead atoms. The zero-order valence-electron chi connectivity index (χ0n) is 15.2. The number of amides is 2. The maximum Gasteiger partial charge on any atom is 0.244 e. The Bertz CT molecular complexity index is 927. The highest BCUT2D eigenvalue weighted by Gasteiger charge is 2.33. The first-order valence-corrected chi connectivity index (χ1v) is 10.4. The Balaban J connectivity index is 1.63. The predicted molar refractivity (Wildman–Crippen MR) is 102 cm³/mol. The molecule has 3 rings (SSSR count). The third-order valence-corrected chi connectivity index (χ3v) is 6.68. The number of hydrogen-bond acceptors (Lipinski definition) is 5. The highest BCUT2D eigenvalue weighted by Crippen LogP contribution is 2.24. The van der Waals surface area contributed by atoms with Gasteiger partial charge in [0.05, 0.1) is 0 Å². The quantitative estimate of drug-likeness (QED) is 0.741. The summed E-state index contributed by atoms with van der Waals surface area (Å²) in [6.07, 6.45) is 3.56. The van der Waals surface area contributed by atoms with E-state index in [1.807, 2.05) is 6.07 Å². The minimum Gasteiger partial charge on any atom is -0.368 e. The fourth-order valence-corrected chi connectivity index (χ4v) is 4.67. The number of carbonyl (C=O) groups is 2. The van der Waals surface area contributed by atoms with Crippen molar-refractivity contribution in [1.29, 1.82) is 0 Å². The lowest BCUT2D eigenvalue weighted by atomic mass is 9.96. The van der Waals surface area contributed by atoms with Crippen molar-refractivity contribution in [2.75, 3.05) is 13.1 Å². The number of primary amides is 1. The first-order chi connectivity index (χ1) is 13.4. The summed E-state index contributed by atoms with van der Waals surface area (Å²) in [5.74, 6) is -1.33. The van der Waals surface area contributed by atoms with Crippen molar-refractivity contribution in [3.63, 3.8) is 0 Å². The molecule has 2 amide bonds. The molecule has 1 aliphatic rings. The molecule has 8 nitrogen and oxygen atoms in total. The molecule has 3 N–H and O–H groups in total.